The number of azo groups is 5. The second-order valence-corrected chi connectivity index (χ2v) is 32.4. The zero-order valence-corrected chi connectivity index (χ0v) is 58.7. The smallest absolute Gasteiger partial charge is 0.296 e. The molecule has 11 aromatic carbocycles. The Balaban J connectivity index is 0.960. The fourth-order valence-electron chi connectivity index (χ4n) is 10.4. The number of aryl methyl sites for hydroxylation is 1. The average Bonchev–Trinajstić information content (AvgIpc) is 0.788. The number of nitrogens with zero attached hydrogens (tertiary/aromatic N) is 10. The molecule has 0 radical (unpaired) electrons. The van der Waals surface area contributed by atoms with Gasteiger partial charge >= 0.3 is 0 Å². The van der Waals surface area contributed by atoms with E-state index in [4.69, 9.17) is 4.74 Å². The van der Waals surface area contributed by atoms with E-state index < -0.39 is 164 Å². The van der Waals surface area contributed by atoms with Crippen LogP contribution in [0.15, 0.2) is 238 Å². The van der Waals surface area contributed by atoms with Crippen molar-refractivity contribution in [3.05, 3.63) is 163 Å². The summed E-state index contributed by atoms with van der Waals surface area (Å²) in [7, 11) is -35.5. The highest BCUT2D eigenvalue weighted by Gasteiger charge is 2.29. The first-order chi connectivity index (χ1) is 49.5. The predicted molar refractivity (Wildman–Crippen MR) is 376 cm³/mol. The molecule has 106 heavy (non-hydrogen) atoms. The van der Waals surface area contributed by atoms with Crippen LogP contribution in [0.2, 0.25) is 0 Å². The van der Waals surface area contributed by atoms with Gasteiger partial charge in [0, 0.05) is 39.4 Å². The van der Waals surface area contributed by atoms with Gasteiger partial charge in [0.15, 0.2) is 17.2 Å². The molecular formula is C62H47N11O26S7. The number of nitrogens with one attached hydrogen (secondary N) is 1. The topological polar surface area (TPSA) is 606 Å². The number of fused-ring (bicyclic) bond motifs is 4. The molecule has 44 heteroatoms. The fraction of sp³-hybridized carbons (Fsp3) is 0.0645. The summed E-state index contributed by atoms with van der Waals surface area (Å²) in [6, 6.07) is 30.4. The largest absolute Gasteiger partial charge is 0.507 e. The molecule has 12 N–H and O–H groups in total. The molecule has 0 bridgehead atoms. The van der Waals surface area contributed by atoms with Crippen molar-refractivity contribution in [3.8, 4) is 28.7 Å². The van der Waals surface area contributed by atoms with Crippen molar-refractivity contribution in [1.29, 1.82) is 0 Å². The van der Waals surface area contributed by atoms with Crippen molar-refractivity contribution in [2.45, 2.75) is 42.7 Å². The van der Waals surface area contributed by atoms with Gasteiger partial charge in [-0.05, 0) is 150 Å². The van der Waals surface area contributed by atoms with Crippen molar-refractivity contribution in [2.75, 3.05) is 17.7 Å². The molecule has 548 valence electrons. The van der Waals surface area contributed by atoms with Crippen LogP contribution >= 0.6 is 0 Å². The summed E-state index contributed by atoms with van der Waals surface area (Å²) in [6.45, 7) is 0.917. The van der Waals surface area contributed by atoms with Gasteiger partial charge in [0.05, 0.1) is 56.0 Å². The molecule has 0 atom stereocenters. The van der Waals surface area contributed by atoms with Crippen molar-refractivity contribution in [3.63, 3.8) is 0 Å². The van der Waals surface area contributed by atoms with Crippen molar-refractivity contribution in [2.24, 2.45) is 51.1 Å². The van der Waals surface area contributed by atoms with E-state index in [1.165, 1.54) is 61.5 Å². The molecule has 0 unspecified atom stereocenters. The van der Waals surface area contributed by atoms with Crippen LogP contribution in [0.4, 0.5) is 68.2 Å². The second kappa shape index (κ2) is 28.6. The molecule has 0 saturated carbocycles. The minimum absolute atomic E-state index is 0.0804. The van der Waals surface area contributed by atoms with Gasteiger partial charge in [-0.25, -0.2) is 0 Å². The number of rotatable bonds is 23. The molecule has 0 amide bonds. The number of benzene rings is 11. The van der Waals surface area contributed by atoms with Gasteiger partial charge in [0.25, 0.3) is 70.8 Å². The van der Waals surface area contributed by atoms with E-state index in [2.05, 4.69) is 56.5 Å². The SMILES string of the molecule is Cc1cc(N=Nc2c(S(=O)(=O)O)cc3cc(N=Nc4c(Nc5ccccc5)ccc5c(O)c(N=Nc6ccc7c(O)c(N=Nc8ccccc8S(=O)(=O)O)c(S(=O)(=O)O)cc7c6)c(S(=O)(=O)O)cc45)ccc3c2O)c(OCCCS(=O)(=O)O)cc1N=Nc1cc(S(=O)(=O)O)cc2cc(S(=O)(=O)O)cc(O)c12. The van der Waals surface area contributed by atoms with Gasteiger partial charge in [0.2, 0.25) is 0 Å². The summed E-state index contributed by atoms with van der Waals surface area (Å²) in [5.74, 6) is -4.74. The molecule has 11 rings (SSSR count). The predicted octanol–water partition coefficient (Wildman–Crippen LogP) is 14.4. The third-order valence-electron chi connectivity index (χ3n) is 15.2. The lowest BCUT2D eigenvalue weighted by Gasteiger charge is -2.14. The summed E-state index contributed by atoms with van der Waals surface area (Å²) in [4.78, 5) is -5.64. The van der Waals surface area contributed by atoms with Crippen LogP contribution in [-0.2, 0) is 70.8 Å². The number of ether oxygens (including phenoxy) is 1. The highest BCUT2D eigenvalue weighted by Crippen LogP contribution is 2.50. The van der Waals surface area contributed by atoms with Crippen LogP contribution in [0.1, 0.15) is 12.0 Å². The Kier molecular flexibility index (Phi) is 20.4. The van der Waals surface area contributed by atoms with Crippen LogP contribution in [0.5, 0.6) is 28.7 Å². The number of aromatic hydroxyl groups is 4. The van der Waals surface area contributed by atoms with E-state index in [1.54, 1.807) is 30.3 Å². The number of hydrogen-bond acceptors (Lipinski definition) is 30. The van der Waals surface area contributed by atoms with Crippen molar-refractivity contribution >= 4 is 182 Å². The summed E-state index contributed by atoms with van der Waals surface area (Å²) >= 11 is 0. The Morgan fingerprint density at radius 3 is 1.37 bits per heavy atom. The molecule has 0 aliphatic carbocycles. The number of phenolic OH excluding ortho intramolecular Hbond substituents is 4. The van der Waals surface area contributed by atoms with E-state index in [1.807, 2.05) is 0 Å². The lowest BCUT2D eigenvalue weighted by molar-refractivity contribution is 0.317. The first kappa shape index (κ1) is 75.8. The normalized spacial score (nSPS) is 13.1. The van der Waals surface area contributed by atoms with Crippen LogP contribution < -0.4 is 10.1 Å². The minimum Gasteiger partial charge on any atom is -0.507 e. The summed E-state index contributed by atoms with van der Waals surface area (Å²) < 4.78 is 250. The van der Waals surface area contributed by atoms with Crippen LogP contribution in [0, 0.1) is 6.92 Å². The molecule has 0 heterocycles. The maximum atomic E-state index is 13.3. The molecule has 0 aromatic heterocycles. The average molecular weight is 1590 g/mol. The quantitative estimate of drug-likeness (QED) is 0.0161. The maximum Gasteiger partial charge on any atom is 0.296 e. The molecule has 0 spiro atoms. The highest BCUT2D eigenvalue weighted by molar-refractivity contribution is 7.87. The van der Waals surface area contributed by atoms with E-state index in [0.29, 0.717) is 11.8 Å². The van der Waals surface area contributed by atoms with Gasteiger partial charge in [-0.1, -0.05) is 30.3 Å². The Hall–Kier alpha value is -11.4. The molecule has 0 aliphatic rings. The van der Waals surface area contributed by atoms with Gasteiger partial charge in [-0.3, -0.25) is 31.9 Å². The number of anilines is 2. The first-order valence-corrected chi connectivity index (χ1v) is 39.6. The van der Waals surface area contributed by atoms with E-state index in [0.717, 1.165) is 66.7 Å². The van der Waals surface area contributed by atoms with Gasteiger partial charge in [-0.2, -0.15) is 74.3 Å². The van der Waals surface area contributed by atoms with Crippen molar-refractivity contribution in [1.82, 2.24) is 0 Å². The lowest BCUT2D eigenvalue weighted by atomic mass is 10.0. The monoisotopic (exact) mass is 1590 g/mol. The Labute approximate surface area is 597 Å². The minimum atomic E-state index is -5.41. The summed E-state index contributed by atoms with van der Waals surface area (Å²) in [6.07, 6.45) is -0.352. The molecule has 37 nitrogen and oxygen atoms in total. The first-order valence-electron chi connectivity index (χ1n) is 29.3. The van der Waals surface area contributed by atoms with Gasteiger partial charge in [0.1, 0.15) is 65.2 Å². The zero-order valence-electron chi connectivity index (χ0n) is 53.0. The summed E-state index contributed by atoms with van der Waals surface area (Å²) in [5, 5.41) is 87.3. The van der Waals surface area contributed by atoms with Crippen LogP contribution in [0.3, 0.4) is 0 Å². The van der Waals surface area contributed by atoms with Crippen molar-refractivity contribution < 1.29 is 116 Å². The lowest BCUT2D eigenvalue weighted by Crippen LogP contribution is -2.08. The standard InChI is InChI=1S/C62H47N11O26S7/c1-31-20-47(50(99-18-7-19-100(78,79)80)30-46(31)67-69-48-27-38(101(81,82)83)23-34-24-39(102(84,85)86)28-49(74)55(34)48)68-73-58-53(105(93,94)95)26-32-21-36(12-14-41(32)61(58)76)64-70-56-43-29-54(106(96,97)98)59(62(77)42(43)16-17-45(56)63-35-8-3-2-4-9-35)71-65-37-13-15-40-33(22-37)25-52(104(90,91)92)57(60(40)75)72-66-44-10-5-6-11-51(44)103(87,88)89/h2-6,8-17,20-30,63,74-77H,7,18-19H2,1H3,(H,78,79,80)(H,81,82,83)(H,84,85,86)(H,87,88,89)(H,90,91,92)(H,93,94,95)(H,96,97,98). The Bertz CT molecular complexity index is 6590. The molecular weight excluding hydrogens is 1540 g/mol. The van der Waals surface area contributed by atoms with Gasteiger partial charge < -0.3 is 30.5 Å². The van der Waals surface area contributed by atoms with E-state index in [9.17, 15) is 111 Å². The zero-order chi connectivity index (χ0) is 77.0. The summed E-state index contributed by atoms with van der Waals surface area (Å²) in [5.41, 5.74) is -4.00. The molecule has 0 fully saturated rings. The van der Waals surface area contributed by atoms with Crippen LogP contribution in [-0.4, -0.2) is 124 Å². The number of phenols is 4. The molecule has 0 aliphatic heterocycles. The number of hydrogen-bond donors (Lipinski definition) is 12. The fourth-order valence-corrected chi connectivity index (χ4v) is 14.6. The third-order valence-corrected chi connectivity index (χ3v) is 21.2. The third kappa shape index (κ3) is 16.7. The van der Waals surface area contributed by atoms with Gasteiger partial charge in [-0.15, -0.1) is 35.8 Å². The Morgan fingerprint density at radius 2 is 0.830 bits per heavy atom. The molecule has 11 aromatic rings. The Morgan fingerprint density at radius 1 is 0.368 bits per heavy atom. The van der Waals surface area contributed by atoms with Crippen LogP contribution in [0.25, 0.3) is 43.1 Å². The van der Waals surface area contributed by atoms with E-state index >= 15 is 0 Å². The highest BCUT2D eigenvalue weighted by atomic mass is 32.2. The maximum absolute atomic E-state index is 13.3. The number of para-hydroxylation sites is 1. The van der Waals surface area contributed by atoms with E-state index in [-0.39, 0.29) is 94.9 Å². The molecule has 0 saturated heterocycles. The second-order valence-electron chi connectivity index (χ2n) is 22.5.